The van der Waals surface area contributed by atoms with Gasteiger partial charge in [-0.1, -0.05) is 23.5 Å². The summed E-state index contributed by atoms with van der Waals surface area (Å²) < 4.78 is 12.2. The van der Waals surface area contributed by atoms with Crippen LogP contribution in [0.4, 0.5) is 0 Å². The highest BCUT2D eigenvalue weighted by atomic mass is 32.2. The molecule has 6 nitrogen and oxygen atoms in total. The van der Waals surface area contributed by atoms with E-state index >= 15 is 0 Å². The summed E-state index contributed by atoms with van der Waals surface area (Å²) in [6, 6.07) is 5.62. The molecule has 0 fully saturated rings. The maximum absolute atomic E-state index is 11.2. The Bertz CT molecular complexity index is 878. The van der Waals surface area contributed by atoms with E-state index in [2.05, 4.69) is 0 Å². The lowest BCUT2D eigenvalue weighted by Gasteiger charge is -2.16. The molecule has 140 valence electrons. The number of fused-ring (bicyclic) bond motifs is 1. The van der Waals surface area contributed by atoms with Crippen molar-refractivity contribution in [1.82, 2.24) is 0 Å². The van der Waals surface area contributed by atoms with Crippen molar-refractivity contribution in [3.63, 3.8) is 0 Å². The minimum atomic E-state index is 0.0308. The maximum atomic E-state index is 11.2. The Morgan fingerprint density at radius 3 is 2.11 bits per heavy atom. The summed E-state index contributed by atoms with van der Waals surface area (Å²) in [5.41, 5.74) is 0.850. The largest absolute Gasteiger partial charge is 0.492 e. The number of hydrogen-bond acceptors (Lipinski definition) is 8. The number of hydrogen-bond donors (Lipinski definition) is 0. The summed E-state index contributed by atoms with van der Waals surface area (Å²) in [7, 11) is 0. The van der Waals surface area contributed by atoms with Gasteiger partial charge in [0.1, 0.15) is 40.8 Å². The van der Waals surface area contributed by atoms with Crippen LogP contribution < -0.4 is 9.47 Å². The van der Waals surface area contributed by atoms with E-state index < -0.39 is 0 Å². The zero-order valence-electron chi connectivity index (χ0n) is 15.2. The smallest absolute Gasteiger partial charge is 0.150 e. The second-order valence-electron chi connectivity index (χ2n) is 5.87. The first-order valence-corrected chi connectivity index (χ1v) is 9.83. The molecule has 0 aliphatic carbocycles. The van der Waals surface area contributed by atoms with E-state index in [-0.39, 0.29) is 30.4 Å². The molecule has 0 aromatic heterocycles. The first-order valence-electron chi connectivity index (χ1n) is 8.19. The first-order chi connectivity index (χ1) is 12.9. The summed E-state index contributed by atoms with van der Waals surface area (Å²) in [4.78, 5) is 23.9. The zero-order valence-corrected chi connectivity index (χ0v) is 16.9. The number of rotatable bonds is 8. The van der Waals surface area contributed by atoms with Gasteiger partial charge in [-0.3, -0.25) is 9.59 Å². The second kappa shape index (κ2) is 9.50. The number of nitrogens with zero attached hydrogens (tertiary/aromatic N) is 2. The van der Waals surface area contributed by atoms with Gasteiger partial charge < -0.3 is 9.47 Å². The molecule has 27 heavy (non-hydrogen) atoms. The van der Waals surface area contributed by atoms with Gasteiger partial charge in [-0.2, -0.15) is 10.5 Å². The Kier molecular flexibility index (Phi) is 7.35. The highest BCUT2D eigenvalue weighted by molar-refractivity contribution is 8.24. The molecule has 0 atom stereocenters. The summed E-state index contributed by atoms with van der Waals surface area (Å²) >= 11 is 2.57. The van der Waals surface area contributed by atoms with Crippen LogP contribution in [0.2, 0.25) is 0 Å². The second-order valence-corrected chi connectivity index (χ2v) is 8.17. The van der Waals surface area contributed by atoms with Crippen LogP contribution in [0.1, 0.15) is 32.3 Å². The Hall–Kier alpha value is -2.42. The molecule has 8 heteroatoms. The Morgan fingerprint density at radius 2 is 1.56 bits per heavy atom. The van der Waals surface area contributed by atoms with Gasteiger partial charge in [0.15, 0.2) is 0 Å². The topological polar surface area (TPSA) is 100 Å². The predicted molar refractivity (Wildman–Crippen MR) is 103 cm³/mol. The Balaban J connectivity index is 2.40. The van der Waals surface area contributed by atoms with Gasteiger partial charge in [-0.05, 0) is 32.4 Å². The van der Waals surface area contributed by atoms with Crippen molar-refractivity contribution in [2.24, 2.45) is 0 Å². The van der Waals surface area contributed by atoms with Gasteiger partial charge in [-0.25, -0.2) is 0 Å². The van der Waals surface area contributed by atoms with E-state index in [9.17, 15) is 9.59 Å². The third kappa shape index (κ3) is 5.29. The van der Waals surface area contributed by atoms with Crippen molar-refractivity contribution in [2.45, 2.75) is 43.4 Å². The highest BCUT2D eigenvalue weighted by Crippen LogP contribution is 2.59. The number of aryl methyl sites for hydroxylation is 1. The van der Waals surface area contributed by atoms with Crippen LogP contribution in [0.3, 0.4) is 0 Å². The van der Waals surface area contributed by atoms with Crippen molar-refractivity contribution in [3.05, 3.63) is 21.4 Å². The van der Waals surface area contributed by atoms with Crippen LogP contribution in [0, 0.1) is 29.6 Å². The SMILES string of the molecule is CC(=O)CCOc1cc(C)c(OCCC(C)=O)c2c1SC(=C(C#N)C#N)S2. The normalized spacial score (nSPS) is 12.0. The maximum Gasteiger partial charge on any atom is 0.150 e. The predicted octanol–water partition coefficient (Wildman–Crippen LogP) is 4.17. The number of carbonyl (C=O) groups is 2. The summed E-state index contributed by atoms with van der Waals surface area (Å²) in [6.45, 7) is 5.37. The molecular formula is C19H18N2O4S2. The van der Waals surface area contributed by atoms with E-state index in [0.29, 0.717) is 28.6 Å². The molecule has 0 N–H and O–H groups in total. The van der Waals surface area contributed by atoms with Crippen LogP contribution in [0.25, 0.3) is 0 Å². The molecule has 1 heterocycles. The van der Waals surface area contributed by atoms with Gasteiger partial charge in [0.25, 0.3) is 0 Å². The van der Waals surface area contributed by atoms with Crippen molar-refractivity contribution >= 4 is 35.1 Å². The summed E-state index contributed by atoms with van der Waals surface area (Å²) in [5.74, 6) is 1.28. The molecule has 0 spiro atoms. The average molecular weight is 402 g/mol. The lowest BCUT2D eigenvalue weighted by molar-refractivity contribution is -0.118. The van der Waals surface area contributed by atoms with Gasteiger partial charge >= 0.3 is 0 Å². The minimum absolute atomic E-state index is 0.0308. The van der Waals surface area contributed by atoms with Crippen LogP contribution in [0.5, 0.6) is 11.5 Å². The average Bonchev–Trinajstić information content (AvgIpc) is 3.03. The number of allylic oxidation sites excluding steroid dienone is 1. The first kappa shape index (κ1) is 20.9. The Labute approximate surface area is 166 Å². The van der Waals surface area contributed by atoms with E-state index in [0.717, 1.165) is 15.4 Å². The molecule has 0 amide bonds. The lowest BCUT2D eigenvalue weighted by atomic mass is 10.2. The van der Waals surface area contributed by atoms with Crippen LogP contribution >= 0.6 is 23.5 Å². The molecule has 0 saturated heterocycles. The number of ether oxygens (including phenoxy) is 2. The number of Topliss-reactive ketones (excluding diaryl/α,β-unsaturated/α-hetero) is 2. The Morgan fingerprint density at radius 1 is 1.00 bits per heavy atom. The summed E-state index contributed by atoms with van der Waals surface area (Å²) in [6.07, 6.45) is 0.597. The van der Waals surface area contributed by atoms with Gasteiger partial charge in [-0.15, -0.1) is 0 Å². The zero-order chi connectivity index (χ0) is 20.0. The third-order valence-corrected chi connectivity index (χ3v) is 6.18. The number of ketones is 2. The number of carbonyl (C=O) groups excluding carboxylic acids is 2. The number of benzene rings is 1. The quantitative estimate of drug-likeness (QED) is 0.597. The standard InChI is InChI=1S/C19H18N2O4S2/c1-11-8-15(24-6-4-12(2)22)17-18(16(11)25-7-5-13(3)23)27-19(26-17)14(9-20)10-21/h8H,4-7H2,1-3H3. The molecular weight excluding hydrogens is 384 g/mol. The van der Waals surface area contributed by atoms with Crippen LogP contribution in [0.15, 0.2) is 25.7 Å². The molecule has 2 rings (SSSR count). The molecule has 1 aromatic rings. The van der Waals surface area contributed by atoms with Crippen LogP contribution in [-0.2, 0) is 9.59 Å². The molecule has 0 unspecified atom stereocenters. The fourth-order valence-corrected chi connectivity index (χ4v) is 4.81. The van der Waals surface area contributed by atoms with Crippen LogP contribution in [-0.4, -0.2) is 24.8 Å². The van der Waals surface area contributed by atoms with E-state index in [1.54, 1.807) is 0 Å². The van der Waals surface area contributed by atoms with Gasteiger partial charge in [0, 0.05) is 12.8 Å². The lowest BCUT2D eigenvalue weighted by Crippen LogP contribution is -2.06. The molecule has 1 aromatic carbocycles. The third-order valence-electron chi connectivity index (χ3n) is 3.57. The van der Waals surface area contributed by atoms with E-state index in [4.69, 9.17) is 20.0 Å². The fourth-order valence-electron chi connectivity index (χ4n) is 2.22. The van der Waals surface area contributed by atoms with Crippen molar-refractivity contribution in [3.8, 4) is 23.6 Å². The molecule has 0 saturated carbocycles. The van der Waals surface area contributed by atoms with Gasteiger partial charge in [0.05, 0.1) is 27.2 Å². The highest BCUT2D eigenvalue weighted by Gasteiger charge is 2.30. The molecule has 0 radical (unpaired) electrons. The van der Waals surface area contributed by atoms with E-state index in [1.807, 2.05) is 25.1 Å². The van der Waals surface area contributed by atoms with Crippen molar-refractivity contribution in [2.75, 3.05) is 13.2 Å². The number of thioether (sulfide) groups is 2. The van der Waals surface area contributed by atoms with Crippen molar-refractivity contribution < 1.29 is 19.1 Å². The monoisotopic (exact) mass is 402 g/mol. The fraction of sp³-hybridized carbons (Fsp3) is 0.368. The molecule has 0 bridgehead atoms. The molecule has 1 aliphatic heterocycles. The van der Waals surface area contributed by atoms with E-state index in [1.165, 1.54) is 37.4 Å². The molecule has 1 aliphatic rings. The number of nitriles is 2. The minimum Gasteiger partial charge on any atom is -0.492 e. The summed E-state index contributed by atoms with van der Waals surface area (Å²) in [5, 5.41) is 18.3. The van der Waals surface area contributed by atoms with Gasteiger partial charge in [0.2, 0.25) is 0 Å². The van der Waals surface area contributed by atoms with Crippen molar-refractivity contribution in [1.29, 1.82) is 10.5 Å².